The number of nitrogens with one attached hydrogen (secondary N) is 1. The number of rotatable bonds is 7. The molecule has 0 spiro atoms. The lowest BCUT2D eigenvalue weighted by molar-refractivity contribution is 0.363. The summed E-state index contributed by atoms with van der Waals surface area (Å²) in [4.78, 5) is -0.0882. The number of halogens is 2. The molecule has 5 nitrogen and oxygen atoms in total. The maximum absolute atomic E-state index is 12.5. The molecule has 0 heterocycles. The van der Waals surface area contributed by atoms with Crippen LogP contribution in [0.25, 0.3) is 0 Å². The van der Waals surface area contributed by atoms with Gasteiger partial charge in [0.25, 0.3) is 0 Å². The lowest BCUT2D eigenvalue weighted by atomic mass is 9.95. The molecule has 0 atom stereocenters. The first-order chi connectivity index (χ1) is 9.75. The summed E-state index contributed by atoms with van der Waals surface area (Å²) in [6, 6.07) is 2.65. The number of nitrogens with two attached hydrogens (primary N) is 1. The summed E-state index contributed by atoms with van der Waals surface area (Å²) in [6.07, 6.45) is 1.14. The van der Waals surface area contributed by atoms with E-state index in [1.165, 1.54) is 19.2 Å². The summed E-state index contributed by atoms with van der Waals surface area (Å²) >= 11 is 12.0. The molecule has 1 aromatic rings. The summed E-state index contributed by atoms with van der Waals surface area (Å²) in [6.45, 7) is 3.95. The highest BCUT2D eigenvalue weighted by Crippen LogP contribution is 2.34. The van der Waals surface area contributed by atoms with Crippen molar-refractivity contribution >= 4 is 33.2 Å². The van der Waals surface area contributed by atoms with E-state index in [0.29, 0.717) is 18.6 Å². The van der Waals surface area contributed by atoms with Gasteiger partial charge in [0.05, 0.1) is 17.2 Å². The van der Waals surface area contributed by atoms with Crippen LogP contribution in [0.1, 0.15) is 26.7 Å². The van der Waals surface area contributed by atoms with E-state index in [1.54, 1.807) is 0 Å². The highest BCUT2D eigenvalue weighted by Gasteiger charge is 2.32. The van der Waals surface area contributed by atoms with Crippen molar-refractivity contribution in [1.29, 1.82) is 0 Å². The van der Waals surface area contributed by atoms with Crippen molar-refractivity contribution < 1.29 is 13.2 Å². The Morgan fingerprint density at radius 2 is 1.81 bits per heavy atom. The summed E-state index contributed by atoms with van der Waals surface area (Å²) in [5, 5.41) is 0.218. The number of methoxy groups -OCH3 is 1. The average molecular weight is 355 g/mol. The monoisotopic (exact) mass is 354 g/mol. The molecule has 0 bridgehead atoms. The van der Waals surface area contributed by atoms with E-state index >= 15 is 0 Å². The fourth-order valence-electron chi connectivity index (χ4n) is 1.94. The van der Waals surface area contributed by atoms with Crippen LogP contribution in [0.5, 0.6) is 5.75 Å². The third kappa shape index (κ3) is 4.02. The quantitative estimate of drug-likeness (QED) is 0.788. The van der Waals surface area contributed by atoms with Crippen molar-refractivity contribution in [3.63, 3.8) is 0 Å². The molecule has 120 valence electrons. The molecule has 3 N–H and O–H groups in total. The molecule has 0 aliphatic rings. The number of hydrogen-bond donors (Lipinski definition) is 2. The van der Waals surface area contributed by atoms with Gasteiger partial charge in [-0.2, -0.15) is 0 Å². The van der Waals surface area contributed by atoms with Crippen molar-refractivity contribution in [2.75, 3.05) is 13.7 Å². The highest BCUT2D eigenvalue weighted by atomic mass is 35.5. The Morgan fingerprint density at radius 1 is 1.24 bits per heavy atom. The van der Waals surface area contributed by atoms with Gasteiger partial charge in [-0.15, -0.1) is 0 Å². The molecule has 0 saturated carbocycles. The fraction of sp³-hybridized carbons (Fsp3) is 0.538. The minimum atomic E-state index is -3.83. The maximum Gasteiger partial charge on any atom is 0.242 e. The molecule has 0 radical (unpaired) electrons. The van der Waals surface area contributed by atoms with E-state index in [0.717, 1.165) is 0 Å². The van der Waals surface area contributed by atoms with Gasteiger partial charge < -0.3 is 10.5 Å². The summed E-state index contributed by atoms with van der Waals surface area (Å²) < 4.78 is 32.7. The number of ether oxygens (including phenoxy) is 1. The van der Waals surface area contributed by atoms with E-state index in [9.17, 15) is 8.42 Å². The van der Waals surface area contributed by atoms with E-state index in [2.05, 4.69) is 4.72 Å². The molecule has 21 heavy (non-hydrogen) atoms. The third-order valence-corrected chi connectivity index (χ3v) is 5.93. The van der Waals surface area contributed by atoms with Crippen LogP contribution in [0.4, 0.5) is 0 Å². The lowest BCUT2D eigenvalue weighted by Gasteiger charge is -2.31. The summed E-state index contributed by atoms with van der Waals surface area (Å²) in [7, 11) is -2.41. The fourth-order valence-corrected chi connectivity index (χ4v) is 4.34. The van der Waals surface area contributed by atoms with Crippen LogP contribution in [0.15, 0.2) is 17.0 Å². The number of benzene rings is 1. The smallest absolute Gasteiger partial charge is 0.242 e. The van der Waals surface area contributed by atoms with Crippen LogP contribution < -0.4 is 15.2 Å². The standard InChI is InChI=1S/C13H20Cl2N2O3S/c1-4-13(5-2,8-16)17-21(18,19)12-7-9(14)11(20-3)6-10(12)15/h6-7,17H,4-5,8,16H2,1-3H3. The zero-order chi connectivity index (χ0) is 16.3. The molecule has 0 unspecified atom stereocenters. The Kier molecular flexibility index (Phi) is 6.31. The molecular formula is C13H20Cl2N2O3S. The Morgan fingerprint density at radius 3 is 2.24 bits per heavy atom. The van der Waals surface area contributed by atoms with Crippen LogP contribution in [0.2, 0.25) is 10.0 Å². The molecule has 1 rings (SSSR count). The lowest BCUT2D eigenvalue weighted by Crippen LogP contribution is -2.52. The van der Waals surface area contributed by atoms with E-state index in [4.69, 9.17) is 33.7 Å². The van der Waals surface area contributed by atoms with Gasteiger partial charge in [0.2, 0.25) is 10.0 Å². The summed E-state index contributed by atoms with van der Waals surface area (Å²) in [5.74, 6) is 0.316. The first kappa shape index (κ1) is 18.5. The molecule has 0 saturated heterocycles. The van der Waals surface area contributed by atoms with Gasteiger partial charge in [-0.05, 0) is 18.9 Å². The van der Waals surface area contributed by atoms with Gasteiger partial charge >= 0.3 is 0 Å². The second kappa shape index (κ2) is 7.15. The first-order valence-electron chi connectivity index (χ1n) is 6.52. The second-order valence-electron chi connectivity index (χ2n) is 4.71. The Hall–Kier alpha value is -0.530. The SMILES string of the molecule is CCC(CC)(CN)NS(=O)(=O)c1cc(Cl)c(OC)cc1Cl. The molecule has 0 aliphatic carbocycles. The Balaban J connectivity index is 3.29. The minimum Gasteiger partial charge on any atom is -0.495 e. The zero-order valence-corrected chi connectivity index (χ0v) is 14.6. The van der Waals surface area contributed by atoms with Crippen molar-refractivity contribution in [3.05, 3.63) is 22.2 Å². The van der Waals surface area contributed by atoms with Crippen molar-refractivity contribution in [2.24, 2.45) is 5.73 Å². The van der Waals surface area contributed by atoms with E-state index in [1.807, 2.05) is 13.8 Å². The predicted molar refractivity (Wildman–Crippen MR) is 85.7 cm³/mol. The topological polar surface area (TPSA) is 81.4 Å². The molecule has 0 fully saturated rings. The number of sulfonamides is 1. The van der Waals surface area contributed by atoms with Gasteiger partial charge in [-0.25, -0.2) is 13.1 Å². The number of hydrogen-bond acceptors (Lipinski definition) is 4. The Bertz CT molecular complexity index is 593. The van der Waals surface area contributed by atoms with Gasteiger partial charge in [-0.3, -0.25) is 0 Å². The van der Waals surface area contributed by atoms with Gasteiger partial charge in [0.1, 0.15) is 10.6 Å². The molecular weight excluding hydrogens is 335 g/mol. The average Bonchev–Trinajstić information content (AvgIpc) is 2.46. The van der Waals surface area contributed by atoms with Crippen LogP contribution in [0.3, 0.4) is 0 Å². The van der Waals surface area contributed by atoms with Gasteiger partial charge in [-0.1, -0.05) is 37.0 Å². The zero-order valence-electron chi connectivity index (χ0n) is 12.2. The largest absolute Gasteiger partial charge is 0.495 e. The van der Waals surface area contributed by atoms with Gasteiger partial charge in [0, 0.05) is 18.2 Å². The van der Waals surface area contributed by atoms with Crippen LogP contribution >= 0.6 is 23.2 Å². The molecule has 0 aromatic heterocycles. The summed E-state index contributed by atoms with van der Waals surface area (Å²) in [5.41, 5.74) is 5.02. The van der Waals surface area contributed by atoms with Crippen LogP contribution in [0, 0.1) is 0 Å². The molecule has 1 aromatic carbocycles. The highest BCUT2D eigenvalue weighted by molar-refractivity contribution is 7.89. The molecule has 0 aliphatic heterocycles. The maximum atomic E-state index is 12.5. The third-order valence-electron chi connectivity index (χ3n) is 3.59. The predicted octanol–water partition coefficient (Wildman–Crippen LogP) is 2.80. The van der Waals surface area contributed by atoms with Crippen LogP contribution in [-0.4, -0.2) is 27.6 Å². The van der Waals surface area contributed by atoms with E-state index < -0.39 is 15.6 Å². The minimum absolute atomic E-state index is 0.0434. The molecule has 8 heteroatoms. The molecule has 0 amide bonds. The van der Waals surface area contributed by atoms with Crippen molar-refractivity contribution in [3.8, 4) is 5.75 Å². The first-order valence-corrected chi connectivity index (χ1v) is 8.76. The van der Waals surface area contributed by atoms with Gasteiger partial charge in [0.15, 0.2) is 0 Å². The normalized spacial score (nSPS) is 12.5. The van der Waals surface area contributed by atoms with E-state index in [-0.39, 0.29) is 21.5 Å². The Labute approximate surface area is 135 Å². The van der Waals surface area contributed by atoms with Crippen molar-refractivity contribution in [1.82, 2.24) is 4.72 Å². The van der Waals surface area contributed by atoms with Crippen LogP contribution in [-0.2, 0) is 10.0 Å². The van der Waals surface area contributed by atoms with Crippen molar-refractivity contribution in [2.45, 2.75) is 37.1 Å². The second-order valence-corrected chi connectivity index (χ2v) is 7.18.